The van der Waals surface area contributed by atoms with Gasteiger partial charge in [0.25, 0.3) is 0 Å². The number of phenolic OH excluding ortho intramolecular Hbond substituents is 2. The topological polar surface area (TPSA) is 40.5 Å². The lowest BCUT2D eigenvalue weighted by molar-refractivity contribution is 0.442. The molecule has 2 aliphatic rings. The third-order valence-electron chi connectivity index (χ3n) is 4.04. The minimum atomic E-state index is 0.372. The van der Waals surface area contributed by atoms with Gasteiger partial charge >= 0.3 is 0 Å². The van der Waals surface area contributed by atoms with Gasteiger partial charge < -0.3 is 10.2 Å². The summed E-state index contributed by atoms with van der Waals surface area (Å²) >= 11 is 0. The third kappa shape index (κ3) is 0.770. The molecule has 0 radical (unpaired) electrons. The molecule has 1 aromatic rings. The van der Waals surface area contributed by atoms with Crippen LogP contribution < -0.4 is 0 Å². The smallest absolute Gasteiger partial charge is 0.119 e. The van der Waals surface area contributed by atoms with Crippen molar-refractivity contribution in [1.29, 1.82) is 0 Å². The van der Waals surface area contributed by atoms with Crippen molar-refractivity contribution >= 4 is 0 Å². The van der Waals surface area contributed by atoms with Gasteiger partial charge in [-0.3, -0.25) is 0 Å². The third-order valence-corrected chi connectivity index (χ3v) is 4.04. The Morgan fingerprint density at radius 3 is 1.86 bits per heavy atom. The Kier molecular flexibility index (Phi) is 1.42. The van der Waals surface area contributed by atoms with E-state index in [9.17, 15) is 10.2 Å². The van der Waals surface area contributed by atoms with Gasteiger partial charge in [0.05, 0.1) is 0 Å². The largest absolute Gasteiger partial charge is 0.508 e. The van der Waals surface area contributed by atoms with Crippen LogP contribution in [0.5, 0.6) is 11.5 Å². The molecule has 1 saturated carbocycles. The van der Waals surface area contributed by atoms with Gasteiger partial charge in [-0.05, 0) is 42.7 Å². The molecular formula is C12H14O2. The van der Waals surface area contributed by atoms with E-state index >= 15 is 0 Å². The molecule has 2 atom stereocenters. The number of phenols is 2. The van der Waals surface area contributed by atoms with Crippen LogP contribution in [0.3, 0.4) is 0 Å². The molecule has 2 N–H and O–H groups in total. The fourth-order valence-electron chi connectivity index (χ4n) is 3.37. The number of fused-ring (bicyclic) bond motifs is 5. The lowest BCUT2D eigenvalue weighted by Crippen LogP contribution is -1.98. The molecule has 0 spiro atoms. The number of benzene rings is 1. The summed E-state index contributed by atoms with van der Waals surface area (Å²) in [5.74, 6) is 2.28. The van der Waals surface area contributed by atoms with Crippen molar-refractivity contribution in [1.82, 2.24) is 0 Å². The highest BCUT2D eigenvalue weighted by Crippen LogP contribution is 2.61. The SMILES string of the molecule is CC1C2CCC1c1c(O)ccc(O)c12. The fourth-order valence-corrected chi connectivity index (χ4v) is 3.37. The van der Waals surface area contributed by atoms with Gasteiger partial charge in [0.15, 0.2) is 0 Å². The van der Waals surface area contributed by atoms with Crippen LogP contribution in [0.25, 0.3) is 0 Å². The van der Waals surface area contributed by atoms with Crippen molar-refractivity contribution in [2.45, 2.75) is 31.6 Å². The minimum Gasteiger partial charge on any atom is -0.508 e. The Bertz CT molecular complexity index is 361. The van der Waals surface area contributed by atoms with Gasteiger partial charge in [0, 0.05) is 11.1 Å². The van der Waals surface area contributed by atoms with Gasteiger partial charge in [-0.15, -0.1) is 0 Å². The highest BCUT2D eigenvalue weighted by atomic mass is 16.3. The summed E-state index contributed by atoms with van der Waals surface area (Å²) in [7, 11) is 0. The molecule has 2 bridgehead atoms. The summed E-state index contributed by atoms with van der Waals surface area (Å²) in [4.78, 5) is 0. The van der Waals surface area contributed by atoms with Gasteiger partial charge in [-0.25, -0.2) is 0 Å². The summed E-state index contributed by atoms with van der Waals surface area (Å²) in [6.07, 6.45) is 2.33. The molecule has 74 valence electrons. The minimum absolute atomic E-state index is 0.372. The van der Waals surface area contributed by atoms with Crippen molar-refractivity contribution in [3.63, 3.8) is 0 Å². The molecule has 0 amide bonds. The van der Waals surface area contributed by atoms with Gasteiger partial charge in [0.1, 0.15) is 11.5 Å². The average Bonchev–Trinajstić information content (AvgIpc) is 2.67. The standard InChI is InChI=1S/C12H14O2/c1-6-7-2-3-8(6)12-10(14)5-4-9(13)11(7)12/h4-8,13-14H,2-3H2,1H3. The fraction of sp³-hybridized carbons (Fsp3) is 0.500. The van der Waals surface area contributed by atoms with Crippen LogP contribution in [-0.2, 0) is 0 Å². The maximum absolute atomic E-state index is 9.78. The zero-order valence-electron chi connectivity index (χ0n) is 8.20. The maximum atomic E-state index is 9.78. The zero-order valence-corrected chi connectivity index (χ0v) is 8.20. The molecule has 0 heterocycles. The van der Waals surface area contributed by atoms with E-state index < -0.39 is 0 Å². The predicted octanol–water partition coefficient (Wildman–Crippen LogP) is 2.71. The Hall–Kier alpha value is -1.18. The van der Waals surface area contributed by atoms with Crippen LogP contribution in [0.15, 0.2) is 12.1 Å². The average molecular weight is 190 g/mol. The molecule has 1 aromatic carbocycles. The van der Waals surface area contributed by atoms with Crippen molar-refractivity contribution in [3.8, 4) is 11.5 Å². The Morgan fingerprint density at radius 2 is 1.43 bits per heavy atom. The van der Waals surface area contributed by atoms with E-state index in [1.54, 1.807) is 12.1 Å². The van der Waals surface area contributed by atoms with E-state index in [1.165, 1.54) is 0 Å². The molecule has 2 unspecified atom stereocenters. The zero-order chi connectivity index (χ0) is 9.87. The van der Waals surface area contributed by atoms with Crippen LogP contribution in [-0.4, -0.2) is 10.2 Å². The van der Waals surface area contributed by atoms with Crippen molar-refractivity contribution in [2.24, 2.45) is 5.92 Å². The van der Waals surface area contributed by atoms with E-state index in [-0.39, 0.29) is 0 Å². The lowest BCUT2D eigenvalue weighted by atomic mass is 9.90. The van der Waals surface area contributed by atoms with Crippen LogP contribution in [0.4, 0.5) is 0 Å². The molecule has 14 heavy (non-hydrogen) atoms. The molecule has 2 heteroatoms. The maximum Gasteiger partial charge on any atom is 0.119 e. The molecule has 1 fully saturated rings. The molecule has 3 rings (SSSR count). The van der Waals surface area contributed by atoms with E-state index in [0.29, 0.717) is 29.3 Å². The first-order valence-electron chi connectivity index (χ1n) is 5.25. The van der Waals surface area contributed by atoms with E-state index in [0.717, 1.165) is 24.0 Å². The molecule has 0 aliphatic heterocycles. The Labute approximate surface area is 83.2 Å². The van der Waals surface area contributed by atoms with Crippen molar-refractivity contribution in [2.75, 3.05) is 0 Å². The first-order chi connectivity index (χ1) is 6.70. The number of hydrogen-bond acceptors (Lipinski definition) is 2. The first-order valence-corrected chi connectivity index (χ1v) is 5.25. The second-order valence-electron chi connectivity index (χ2n) is 4.58. The summed E-state index contributed by atoms with van der Waals surface area (Å²) in [6, 6.07) is 3.23. The second-order valence-corrected chi connectivity index (χ2v) is 4.58. The summed E-state index contributed by atoms with van der Waals surface area (Å²) in [6.45, 7) is 2.22. The highest BCUT2D eigenvalue weighted by molar-refractivity contribution is 5.56. The van der Waals surface area contributed by atoms with E-state index in [1.807, 2.05) is 0 Å². The number of rotatable bonds is 0. The predicted molar refractivity (Wildman–Crippen MR) is 53.7 cm³/mol. The van der Waals surface area contributed by atoms with Gasteiger partial charge in [0.2, 0.25) is 0 Å². The summed E-state index contributed by atoms with van der Waals surface area (Å²) in [5.41, 5.74) is 2.04. The van der Waals surface area contributed by atoms with Crippen LogP contribution >= 0.6 is 0 Å². The Balaban J connectivity index is 2.28. The van der Waals surface area contributed by atoms with Crippen molar-refractivity contribution in [3.05, 3.63) is 23.3 Å². The number of aromatic hydroxyl groups is 2. The van der Waals surface area contributed by atoms with Crippen molar-refractivity contribution < 1.29 is 10.2 Å². The molecule has 2 aliphatic carbocycles. The van der Waals surface area contributed by atoms with Crippen LogP contribution in [0.2, 0.25) is 0 Å². The highest BCUT2D eigenvalue weighted by Gasteiger charge is 2.46. The molecule has 0 aromatic heterocycles. The lowest BCUT2D eigenvalue weighted by Gasteiger charge is -2.16. The second kappa shape index (κ2) is 2.44. The Morgan fingerprint density at radius 1 is 1.00 bits per heavy atom. The van der Waals surface area contributed by atoms with E-state index in [4.69, 9.17) is 0 Å². The van der Waals surface area contributed by atoms with Crippen LogP contribution in [0.1, 0.15) is 42.7 Å². The monoisotopic (exact) mass is 190 g/mol. The first kappa shape index (κ1) is 8.16. The normalized spacial score (nSPS) is 33.4. The summed E-state index contributed by atoms with van der Waals surface area (Å²) < 4.78 is 0. The quantitative estimate of drug-likeness (QED) is 0.617. The molecule has 2 nitrogen and oxygen atoms in total. The molecular weight excluding hydrogens is 176 g/mol. The van der Waals surface area contributed by atoms with Gasteiger partial charge in [-0.1, -0.05) is 6.92 Å². The van der Waals surface area contributed by atoms with Crippen LogP contribution in [0, 0.1) is 5.92 Å². The van der Waals surface area contributed by atoms with E-state index in [2.05, 4.69) is 6.92 Å². The summed E-state index contributed by atoms with van der Waals surface area (Å²) in [5, 5.41) is 19.6. The van der Waals surface area contributed by atoms with Gasteiger partial charge in [-0.2, -0.15) is 0 Å². The number of hydrogen-bond donors (Lipinski definition) is 2. The molecule has 0 saturated heterocycles.